The Bertz CT molecular complexity index is 518. The van der Waals surface area contributed by atoms with Crippen LogP contribution in [0.1, 0.15) is 64.7 Å². The summed E-state index contributed by atoms with van der Waals surface area (Å²) in [5.41, 5.74) is 1.30. The molecule has 0 heterocycles. The van der Waals surface area contributed by atoms with Crippen molar-refractivity contribution in [3.05, 3.63) is 11.6 Å². The number of rotatable bonds is 1. The molecule has 2 heteroatoms. The molecule has 0 amide bonds. The van der Waals surface area contributed by atoms with Crippen LogP contribution in [-0.4, -0.2) is 11.6 Å². The van der Waals surface area contributed by atoms with Crippen molar-refractivity contribution in [3.63, 3.8) is 0 Å². The molecule has 0 aliphatic heterocycles. The van der Waals surface area contributed by atoms with Crippen molar-refractivity contribution >= 4 is 11.6 Å². The Kier molecular flexibility index (Phi) is 3.13. The Balaban J connectivity index is 1.72. The first-order chi connectivity index (χ1) is 10.2. The van der Waals surface area contributed by atoms with Gasteiger partial charge >= 0.3 is 0 Å². The van der Waals surface area contributed by atoms with E-state index in [4.69, 9.17) is 0 Å². The highest BCUT2D eigenvalue weighted by Crippen LogP contribution is 2.60. The van der Waals surface area contributed by atoms with Crippen LogP contribution in [-0.2, 0) is 9.59 Å². The third-order valence-electron chi connectivity index (χ3n) is 7.22. The van der Waals surface area contributed by atoms with Crippen molar-refractivity contribution in [1.82, 2.24) is 0 Å². The number of hydrogen-bond donors (Lipinski definition) is 0. The molecule has 0 aromatic heterocycles. The van der Waals surface area contributed by atoms with Gasteiger partial charge in [0.15, 0.2) is 0 Å². The molecule has 0 aromatic carbocycles. The molecule has 0 radical (unpaired) electrons. The molecule has 0 aromatic rings. The highest BCUT2D eigenvalue weighted by molar-refractivity contribution is 5.95. The molecule has 4 aliphatic carbocycles. The van der Waals surface area contributed by atoms with Gasteiger partial charge in [0, 0.05) is 24.2 Å². The third kappa shape index (κ3) is 1.77. The van der Waals surface area contributed by atoms with Crippen LogP contribution in [0, 0.1) is 29.1 Å². The lowest BCUT2D eigenvalue weighted by Gasteiger charge is -2.51. The predicted molar refractivity (Wildman–Crippen MR) is 81.7 cm³/mol. The molecular formula is C19H26O2. The fraction of sp³-hybridized carbons (Fsp3) is 0.789. The summed E-state index contributed by atoms with van der Waals surface area (Å²) in [4.78, 5) is 25.5. The molecule has 0 bridgehead atoms. The fourth-order valence-corrected chi connectivity index (χ4v) is 6.27. The lowest BCUT2D eigenvalue weighted by Crippen LogP contribution is -2.52. The lowest BCUT2D eigenvalue weighted by molar-refractivity contribution is -0.147. The Morgan fingerprint density at radius 2 is 2.05 bits per heavy atom. The molecule has 3 unspecified atom stereocenters. The first-order valence-electron chi connectivity index (χ1n) is 8.92. The van der Waals surface area contributed by atoms with Crippen molar-refractivity contribution in [2.24, 2.45) is 29.1 Å². The Labute approximate surface area is 127 Å². The van der Waals surface area contributed by atoms with Crippen LogP contribution >= 0.6 is 0 Å². The Morgan fingerprint density at radius 1 is 1.19 bits per heavy atom. The fourth-order valence-electron chi connectivity index (χ4n) is 6.27. The average Bonchev–Trinajstić information content (AvgIpc) is 2.84. The number of allylic oxidation sites excluding steroid dienone is 2. The second-order valence-electron chi connectivity index (χ2n) is 7.77. The lowest BCUT2D eigenvalue weighted by atomic mass is 9.51. The first-order valence-corrected chi connectivity index (χ1v) is 8.92. The minimum Gasteiger partial charge on any atom is -0.299 e. The SMILES string of the molecule is CC[C@]12CC(=O)C3C(CCC4=CCCC[C@@H]43)C1CCC2=O. The number of carbonyl (C=O) groups excluding carboxylic acids is 2. The summed E-state index contributed by atoms with van der Waals surface area (Å²) in [6, 6.07) is 0. The molecule has 3 saturated carbocycles. The van der Waals surface area contributed by atoms with Gasteiger partial charge in [0.2, 0.25) is 0 Å². The van der Waals surface area contributed by atoms with Crippen molar-refractivity contribution in [2.75, 3.05) is 0 Å². The van der Waals surface area contributed by atoms with Gasteiger partial charge in [-0.2, -0.15) is 0 Å². The number of Topliss-reactive ketones (excluding diaryl/α,β-unsaturated/α-hetero) is 2. The van der Waals surface area contributed by atoms with E-state index < -0.39 is 0 Å². The zero-order chi connectivity index (χ0) is 14.6. The van der Waals surface area contributed by atoms with Crippen molar-refractivity contribution < 1.29 is 9.59 Å². The molecular weight excluding hydrogens is 260 g/mol. The molecule has 0 spiro atoms. The smallest absolute Gasteiger partial charge is 0.139 e. The zero-order valence-corrected chi connectivity index (χ0v) is 13.1. The van der Waals surface area contributed by atoms with Crippen LogP contribution in [0.5, 0.6) is 0 Å². The van der Waals surface area contributed by atoms with Crippen molar-refractivity contribution in [2.45, 2.75) is 64.7 Å². The summed E-state index contributed by atoms with van der Waals surface area (Å²) in [6.45, 7) is 2.12. The Hall–Kier alpha value is -0.920. The largest absolute Gasteiger partial charge is 0.299 e. The van der Waals surface area contributed by atoms with E-state index in [0.717, 1.165) is 25.7 Å². The first kappa shape index (κ1) is 13.7. The topological polar surface area (TPSA) is 34.1 Å². The summed E-state index contributed by atoms with van der Waals surface area (Å²) >= 11 is 0. The van der Waals surface area contributed by atoms with Gasteiger partial charge in [0.05, 0.1) is 0 Å². The Morgan fingerprint density at radius 3 is 2.86 bits per heavy atom. The molecule has 114 valence electrons. The number of carbonyl (C=O) groups is 2. The van der Waals surface area contributed by atoms with Gasteiger partial charge in [-0.05, 0) is 62.7 Å². The number of hydrogen-bond acceptors (Lipinski definition) is 2. The minimum absolute atomic E-state index is 0.251. The second kappa shape index (κ2) is 4.79. The van der Waals surface area contributed by atoms with E-state index in [9.17, 15) is 9.59 Å². The third-order valence-corrected chi connectivity index (χ3v) is 7.22. The van der Waals surface area contributed by atoms with Gasteiger partial charge in [-0.15, -0.1) is 0 Å². The van der Waals surface area contributed by atoms with Crippen LogP contribution in [0.3, 0.4) is 0 Å². The molecule has 5 atom stereocenters. The van der Waals surface area contributed by atoms with Crippen LogP contribution < -0.4 is 0 Å². The maximum atomic E-state index is 13.0. The summed E-state index contributed by atoms with van der Waals surface area (Å²) in [7, 11) is 0. The minimum atomic E-state index is -0.270. The summed E-state index contributed by atoms with van der Waals surface area (Å²) in [5.74, 6) is 2.59. The van der Waals surface area contributed by atoms with E-state index in [-0.39, 0.29) is 11.3 Å². The predicted octanol–water partition coefficient (Wildman–Crippen LogP) is 4.09. The normalized spacial score (nSPS) is 45.7. The van der Waals surface area contributed by atoms with E-state index in [2.05, 4.69) is 13.0 Å². The van der Waals surface area contributed by atoms with Crippen LogP contribution in [0.2, 0.25) is 0 Å². The van der Waals surface area contributed by atoms with Gasteiger partial charge in [0.25, 0.3) is 0 Å². The highest BCUT2D eigenvalue weighted by atomic mass is 16.1. The zero-order valence-electron chi connectivity index (χ0n) is 13.1. The van der Waals surface area contributed by atoms with Gasteiger partial charge in [-0.25, -0.2) is 0 Å². The molecule has 0 saturated heterocycles. The van der Waals surface area contributed by atoms with Gasteiger partial charge < -0.3 is 0 Å². The molecule has 4 aliphatic rings. The van der Waals surface area contributed by atoms with E-state index in [1.165, 1.54) is 25.7 Å². The van der Waals surface area contributed by atoms with Crippen LogP contribution in [0.4, 0.5) is 0 Å². The van der Waals surface area contributed by atoms with E-state index in [1.54, 1.807) is 5.57 Å². The maximum absolute atomic E-state index is 13.0. The van der Waals surface area contributed by atoms with E-state index >= 15 is 0 Å². The summed E-state index contributed by atoms with van der Waals surface area (Å²) in [6.07, 6.45) is 11.6. The van der Waals surface area contributed by atoms with E-state index in [0.29, 0.717) is 35.7 Å². The molecule has 3 fully saturated rings. The van der Waals surface area contributed by atoms with E-state index in [1.807, 2.05) is 0 Å². The maximum Gasteiger partial charge on any atom is 0.139 e. The van der Waals surface area contributed by atoms with Gasteiger partial charge in [-0.1, -0.05) is 18.6 Å². The van der Waals surface area contributed by atoms with Gasteiger partial charge in [0.1, 0.15) is 11.6 Å². The van der Waals surface area contributed by atoms with Crippen molar-refractivity contribution in [3.8, 4) is 0 Å². The highest BCUT2D eigenvalue weighted by Gasteiger charge is 2.60. The molecule has 0 N–H and O–H groups in total. The summed E-state index contributed by atoms with van der Waals surface area (Å²) < 4.78 is 0. The monoisotopic (exact) mass is 286 g/mol. The van der Waals surface area contributed by atoms with Crippen molar-refractivity contribution in [1.29, 1.82) is 0 Å². The standard InChI is InChI=1S/C19H26O2/c1-2-19-11-16(20)18-13-6-4-3-5-12(13)7-8-14(18)15(19)9-10-17(19)21/h5,13-15,18H,2-4,6-11H2,1H3/t13-,14?,15?,18?,19-/m0/s1. The number of fused-ring (bicyclic) bond motifs is 5. The van der Waals surface area contributed by atoms with Crippen LogP contribution in [0.25, 0.3) is 0 Å². The van der Waals surface area contributed by atoms with Crippen LogP contribution in [0.15, 0.2) is 11.6 Å². The molecule has 4 rings (SSSR count). The van der Waals surface area contributed by atoms with Gasteiger partial charge in [-0.3, -0.25) is 9.59 Å². The second-order valence-corrected chi connectivity index (χ2v) is 7.77. The number of ketones is 2. The molecule has 21 heavy (non-hydrogen) atoms. The summed E-state index contributed by atoms with van der Waals surface area (Å²) in [5, 5.41) is 0. The molecule has 2 nitrogen and oxygen atoms in total. The average molecular weight is 286 g/mol. The quantitative estimate of drug-likeness (QED) is 0.680.